The van der Waals surface area contributed by atoms with Gasteiger partial charge in [-0.15, -0.1) is 0 Å². The van der Waals surface area contributed by atoms with Gasteiger partial charge in [0.05, 0.1) is 14.2 Å². The Hall–Kier alpha value is -2.53. The third-order valence-electron chi connectivity index (χ3n) is 4.56. The number of carbonyl (C=O) groups excluding carboxylic acids is 1. The highest BCUT2D eigenvalue weighted by Crippen LogP contribution is 2.25. The molecule has 5 heteroatoms. The van der Waals surface area contributed by atoms with Gasteiger partial charge in [-0.25, -0.2) is 0 Å². The Bertz CT molecular complexity index is 710. The molecule has 1 amide bonds. The Kier molecular flexibility index (Phi) is 5.56. The van der Waals surface area contributed by atoms with Crippen molar-refractivity contribution in [2.45, 2.75) is 6.54 Å². The third-order valence-corrected chi connectivity index (χ3v) is 4.56. The molecule has 1 aliphatic heterocycles. The number of ether oxygens (including phenoxy) is 2. The molecule has 5 nitrogen and oxygen atoms in total. The van der Waals surface area contributed by atoms with Crippen molar-refractivity contribution in [3.63, 3.8) is 0 Å². The second-order valence-corrected chi connectivity index (χ2v) is 6.11. The van der Waals surface area contributed by atoms with Crippen molar-refractivity contribution in [3.8, 4) is 11.5 Å². The number of hydrogen-bond acceptors (Lipinski definition) is 4. The van der Waals surface area contributed by atoms with Crippen LogP contribution in [-0.2, 0) is 6.54 Å². The lowest BCUT2D eigenvalue weighted by Crippen LogP contribution is -2.48. The van der Waals surface area contributed by atoms with Crippen LogP contribution in [0.1, 0.15) is 15.9 Å². The smallest absolute Gasteiger partial charge is 0.253 e. The zero-order chi connectivity index (χ0) is 17.6. The Labute approximate surface area is 148 Å². The van der Waals surface area contributed by atoms with Gasteiger partial charge in [0.1, 0.15) is 11.5 Å². The van der Waals surface area contributed by atoms with Crippen LogP contribution in [0.25, 0.3) is 0 Å². The number of methoxy groups -OCH3 is 2. The first kappa shape index (κ1) is 17.3. The summed E-state index contributed by atoms with van der Waals surface area (Å²) >= 11 is 0. The van der Waals surface area contributed by atoms with E-state index in [-0.39, 0.29) is 5.91 Å². The van der Waals surface area contributed by atoms with Gasteiger partial charge in [0.25, 0.3) is 5.91 Å². The summed E-state index contributed by atoms with van der Waals surface area (Å²) in [6, 6.07) is 15.3. The van der Waals surface area contributed by atoms with Gasteiger partial charge in [0, 0.05) is 43.9 Å². The molecule has 0 bridgehead atoms. The summed E-state index contributed by atoms with van der Waals surface area (Å²) in [6.45, 7) is 3.95. The maximum absolute atomic E-state index is 12.5. The summed E-state index contributed by atoms with van der Waals surface area (Å²) in [5.41, 5.74) is 1.86. The molecule has 0 atom stereocenters. The first-order valence-corrected chi connectivity index (χ1v) is 8.49. The molecule has 132 valence electrons. The van der Waals surface area contributed by atoms with Crippen LogP contribution >= 0.6 is 0 Å². The van der Waals surface area contributed by atoms with Crippen LogP contribution in [0.5, 0.6) is 11.5 Å². The minimum Gasteiger partial charge on any atom is -0.497 e. The number of carbonyl (C=O) groups is 1. The molecular weight excluding hydrogens is 316 g/mol. The maximum Gasteiger partial charge on any atom is 0.253 e. The summed E-state index contributed by atoms with van der Waals surface area (Å²) in [5.74, 6) is 1.80. The molecule has 0 spiro atoms. The molecule has 1 fully saturated rings. The van der Waals surface area contributed by atoms with Gasteiger partial charge in [-0.1, -0.05) is 18.2 Å². The van der Waals surface area contributed by atoms with Crippen molar-refractivity contribution >= 4 is 5.91 Å². The van der Waals surface area contributed by atoms with Gasteiger partial charge in [0.15, 0.2) is 0 Å². The number of benzene rings is 2. The Morgan fingerprint density at radius 2 is 1.68 bits per heavy atom. The quantitative estimate of drug-likeness (QED) is 0.839. The number of piperazine rings is 1. The highest BCUT2D eigenvalue weighted by Gasteiger charge is 2.22. The van der Waals surface area contributed by atoms with Gasteiger partial charge in [0.2, 0.25) is 0 Å². The Morgan fingerprint density at radius 1 is 0.960 bits per heavy atom. The van der Waals surface area contributed by atoms with E-state index in [0.29, 0.717) is 0 Å². The minimum absolute atomic E-state index is 0.110. The lowest BCUT2D eigenvalue weighted by atomic mass is 10.1. The van der Waals surface area contributed by atoms with Gasteiger partial charge >= 0.3 is 0 Å². The molecule has 2 aromatic carbocycles. The summed E-state index contributed by atoms with van der Waals surface area (Å²) in [5, 5.41) is 0. The lowest BCUT2D eigenvalue weighted by molar-refractivity contribution is 0.0627. The number of rotatable bonds is 5. The number of nitrogens with zero attached hydrogens (tertiary/aromatic N) is 2. The Balaban J connectivity index is 1.60. The van der Waals surface area contributed by atoms with E-state index in [1.54, 1.807) is 14.2 Å². The summed E-state index contributed by atoms with van der Waals surface area (Å²) < 4.78 is 10.8. The fourth-order valence-electron chi connectivity index (χ4n) is 3.12. The molecule has 0 radical (unpaired) electrons. The van der Waals surface area contributed by atoms with E-state index in [1.807, 2.05) is 53.4 Å². The first-order chi connectivity index (χ1) is 12.2. The van der Waals surface area contributed by atoms with Crippen LogP contribution < -0.4 is 9.47 Å². The largest absolute Gasteiger partial charge is 0.497 e. The monoisotopic (exact) mass is 340 g/mol. The summed E-state index contributed by atoms with van der Waals surface area (Å²) in [4.78, 5) is 16.8. The van der Waals surface area contributed by atoms with Crippen LogP contribution in [0, 0.1) is 0 Å². The first-order valence-electron chi connectivity index (χ1n) is 8.49. The molecule has 25 heavy (non-hydrogen) atoms. The van der Waals surface area contributed by atoms with Crippen LogP contribution in [0.3, 0.4) is 0 Å². The summed E-state index contributed by atoms with van der Waals surface area (Å²) in [7, 11) is 3.35. The minimum atomic E-state index is 0.110. The maximum atomic E-state index is 12.5. The molecule has 0 aliphatic carbocycles. The van der Waals surface area contributed by atoms with E-state index in [1.165, 1.54) is 0 Å². The fraction of sp³-hybridized carbons (Fsp3) is 0.350. The fourth-order valence-corrected chi connectivity index (χ4v) is 3.12. The van der Waals surface area contributed by atoms with Gasteiger partial charge in [-0.05, 0) is 30.3 Å². The topological polar surface area (TPSA) is 42.0 Å². The zero-order valence-corrected chi connectivity index (χ0v) is 14.8. The van der Waals surface area contributed by atoms with E-state index in [9.17, 15) is 4.79 Å². The molecule has 0 N–H and O–H groups in total. The van der Waals surface area contributed by atoms with E-state index in [2.05, 4.69) is 4.90 Å². The van der Waals surface area contributed by atoms with Gasteiger partial charge in [-0.3, -0.25) is 9.69 Å². The predicted octanol–water partition coefficient (Wildman–Crippen LogP) is 2.66. The average molecular weight is 340 g/mol. The van der Waals surface area contributed by atoms with Gasteiger partial charge < -0.3 is 14.4 Å². The van der Waals surface area contributed by atoms with Crippen LogP contribution in [0.15, 0.2) is 48.5 Å². The lowest BCUT2D eigenvalue weighted by Gasteiger charge is -2.35. The van der Waals surface area contributed by atoms with E-state index >= 15 is 0 Å². The molecule has 0 aromatic heterocycles. The standard InChI is InChI=1S/C20H24N2O3/c1-24-18-8-9-19(25-2)17(14-18)15-21-10-12-22(13-11-21)20(23)16-6-4-3-5-7-16/h3-9,14H,10-13,15H2,1-2H3. The van der Waals surface area contributed by atoms with Gasteiger partial charge in [-0.2, -0.15) is 0 Å². The molecule has 1 aliphatic rings. The average Bonchev–Trinajstić information content (AvgIpc) is 2.68. The van der Waals surface area contributed by atoms with Crippen LogP contribution in [0.4, 0.5) is 0 Å². The van der Waals surface area contributed by atoms with E-state index < -0.39 is 0 Å². The highest BCUT2D eigenvalue weighted by molar-refractivity contribution is 5.94. The predicted molar refractivity (Wildman–Crippen MR) is 97.2 cm³/mol. The van der Waals surface area contributed by atoms with Crippen molar-refractivity contribution in [1.29, 1.82) is 0 Å². The molecule has 0 unspecified atom stereocenters. The molecule has 3 rings (SSSR count). The highest BCUT2D eigenvalue weighted by atomic mass is 16.5. The number of hydrogen-bond donors (Lipinski definition) is 0. The normalized spacial score (nSPS) is 15.0. The van der Waals surface area contributed by atoms with Crippen LogP contribution in [-0.4, -0.2) is 56.1 Å². The zero-order valence-electron chi connectivity index (χ0n) is 14.8. The van der Waals surface area contributed by atoms with Crippen LogP contribution in [0.2, 0.25) is 0 Å². The van der Waals surface area contributed by atoms with Crippen molar-refractivity contribution in [3.05, 3.63) is 59.7 Å². The van der Waals surface area contributed by atoms with Crippen molar-refractivity contribution in [2.24, 2.45) is 0 Å². The third kappa shape index (κ3) is 4.12. The molecule has 2 aromatic rings. The Morgan fingerprint density at radius 3 is 2.32 bits per heavy atom. The second-order valence-electron chi connectivity index (χ2n) is 6.11. The second kappa shape index (κ2) is 8.03. The van der Waals surface area contributed by atoms with Crippen molar-refractivity contribution in [2.75, 3.05) is 40.4 Å². The molecular formula is C20H24N2O3. The molecule has 1 heterocycles. The summed E-state index contributed by atoms with van der Waals surface area (Å²) in [6.07, 6.45) is 0. The SMILES string of the molecule is COc1ccc(OC)c(CN2CCN(C(=O)c3ccccc3)CC2)c1. The van der Waals surface area contributed by atoms with Crippen molar-refractivity contribution < 1.29 is 14.3 Å². The van der Waals surface area contributed by atoms with E-state index in [4.69, 9.17) is 9.47 Å². The van der Waals surface area contributed by atoms with Crippen molar-refractivity contribution in [1.82, 2.24) is 9.80 Å². The number of amides is 1. The molecule has 0 saturated carbocycles. The molecule has 1 saturated heterocycles. The van der Waals surface area contributed by atoms with E-state index in [0.717, 1.165) is 55.3 Å².